The van der Waals surface area contributed by atoms with Gasteiger partial charge in [0.15, 0.2) is 0 Å². The second-order valence-electron chi connectivity index (χ2n) is 10.1. The molecule has 40 heavy (non-hydrogen) atoms. The van der Waals surface area contributed by atoms with Crippen LogP contribution < -0.4 is 4.90 Å². The van der Waals surface area contributed by atoms with Crippen molar-refractivity contribution in [3.05, 3.63) is 130 Å². The van der Waals surface area contributed by atoms with Gasteiger partial charge in [-0.05, 0) is 74.4 Å². The van der Waals surface area contributed by atoms with Crippen molar-refractivity contribution in [3.63, 3.8) is 0 Å². The minimum Gasteiger partial charge on any atom is -0.327 e. The minimum absolute atomic E-state index is 0.0195. The number of non-ortho nitro benzene ring substituents is 1. The van der Waals surface area contributed by atoms with Gasteiger partial charge in [-0.15, -0.1) is 0 Å². The predicted octanol–water partition coefficient (Wildman–Crippen LogP) is 6.08. The topological polar surface area (TPSA) is 88.7 Å². The summed E-state index contributed by atoms with van der Waals surface area (Å²) in [5.41, 5.74) is 5.39. The SMILES string of the molecule is Cc1ccc(C2c3cccn3-c3ccccc3N2C(=O)CN(C(=O)C=Cc2ccc([N+](=O)[O-])cc2)C(C)C)cc1. The average Bonchev–Trinajstić information content (AvgIpc) is 3.44. The van der Waals surface area contributed by atoms with Gasteiger partial charge in [-0.1, -0.05) is 42.0 Å². The molecule has 0 radical (unpaired) electrons. The third-order valence-corrected chi connectivity index (χ3v) is 7.12. The first-order valence-electron chi connectivity index (χ1n) is 13.1. The summed E-state index contributed by atoms with van der Waals surface area (Å²) >= 11 is 0. The van der Waals surface area contributed by atoms with Gasteiger partial charge in [0.25, 0.3) is 5.69 Å². The second-order valence-corrected chi connectivity index (χ2v) is 10.1. The molecule has 0 aliphatic carbocycles. The number of hydrogen-bond donors (Lipinski definition) is 0. The van der Waals surface area contributed by atoms with Crippen LogP contribution in [0.2, 0.25) is 0 Å². The van der Waals surface area contributed by atoms with Crippen LogP contribution in [0.15, 0.2) is 97.2 Å². The zero-order valence-electron chi connectivity index (χ0n) is 22.6. The highest BCUT2D eigenvalue weighted by molar-refractivity contribution is 6.02. The Kier molecular flexibility index (Phi) is 7.33. The Hall–Kier alpha value is -4.98. The number of hydrogen-bond acceptors (Lipinski definition) is 4. The summed E-state index contributed by atoms with van der Waals surface area (Å²) in [6.07, 6.45) is 5.01. The van der Waals surface area contributed by atoms with E-state index in [2.05, 4.69) is 4.57 Å². The van der Waals surface area contributed by atoms with E-state index in [9.17, 15) is 19.7 Å². The zero-order valence-corrected chi connectivity index (χ0v) is 22.6. The summed E-state index contributed by atoms with van der Waals surface area (Å²) in [5.74, 6) is -0.515. The largest absolute Gasteiger partial charge is 0.327 e. The van der Waals surface area contributed by atoms with Crippen LogP contribution in [-0.2, 0) is 9.59 Å². The van der Waals surface area contributed by atoms with E-state index >= 15 is 0 Å². The molecule has 1 aliphatic heterocycles. The summed E-state index contributed by atoms with van der Waals surface area (Å²) in [6.45, 7) is 5.66. The summed E-state index contributed by atoms with van der Waals surface area (Å²) in [5, 5.41) is 10.9. The van der Waals surface area contributed by atoms with E-state index in [0.717, 1.165) is 28.2 Å². The van der Waals surface area contributed by atoms with Gasteiger partial charge in [-0.25, -0.2) is 0 Å². The molecule has 1 atom stereocenters. The Bertz CT molecular complexity index is 1590. The first-order chi connectivity index (χ1) is 19.2. The quantitative estimate of drug-likeness (QED) is 0.163. The number of para-hydroxylation sites is 2. The Morgan fingerprint density at radius 2 is 1.62 bits per heavy atom. The number of amides is 2. The van der Waals surface area contributed by atoms with E-state index in [4.69, 9.17) is 0 Å². The molecular formula is C32H30N4O4. The van der Waals surface area contributed by atoms with Crippen LogP contribution in [0.25, 0.3) is 11.8 Å². The molecule has 8 nitrogen and oxygen atoms in total. The van der Waals surface area contributed by atoms with Crippen LogP contribution >= 0.6 is 0 Å². The number of aryl methyl sites for hydroxylation is 1. The Labute approximate surface area is 232 Å². The molecule has 1 aromatic heterocycles. The van der Waals surface area contributed by atoms with Crippen LogP contribution in [0.3, 0.4) is 0 Å². The number of nitrogens with zero attached hydrogens (tertiary/aromatic N) is 4. The zero-order chi connectivity index (χ0) is 28.4. The number of nitro benzene ring substituents is 1. The molecule has 8 heteroatoms. The average molecular weight is 535 g/mol. The molecule has 1 unspecified atom stereocenters. The van der Waals surface area contributed by atoms with Crippen LogP contribution in [0.4, 0.5) is 11.4 Å². The van der Waals surface area contributed by atoms with Gasteiger partial charge in [-0.2, -0.15) is 0 Å². The van der Waals surface area contributed by atoms with Crippen LogP contribution in [0.1, 0.15) is 42.3 Å². The lowest BCUT2D eigenvalue weighted by Crippen LogP contribution is -2.48. The van der Waals surface area contributed by atoms with Gasteiger partial charge < -0.3 is 9.47 Å². The Balaban J connectivity index is 1.46. The lowest BCUT2D eigenvalue weighted by molar-refractivity contribution is -0.384. The van der Waals surface area contributed by atoms with Crippen molar-refractivity contribution in [3.8, 4) is 5.69 Å². The van der Waals surface area contributed by atoms with Crippen LogP contribution in [0.5, 0.6) is 0 Å². The molecule has 2 amide bonds. The molecule has 0 bridgehead atoms. The standard InChI is InChI=1S/C32H30N4O4/c1-22(2)34(30(37)19-14-24-12-17-26(18-13-24)36(39)40)21-31(38)35-28-8-5-4-7-27(28)33-20-6-9-29(33)32(35)25-15-10-23(3)11-16-25/h4-20,22,32H,21H2,1-3H3. The number of benzene rings is 3. The number of nitro groups is 1. The minimum atomic E-state index is -0.468. The van der Waals surface area contributed by atoms with Crippen molar-refractivity contribution in [1.82, 2.24) is 9.47 Å². The molecule has 202 valence electrons. The van der Waals surface area contributed by atoms with Gasteiger partial charge in [0.05, 0.1) is 22.0 Å². The van der Waals surface area contributed by atoms with Crippen molar-refractivity contribution in [2.45, 2.75) is 32.9 Å². The molecule has 1 aliphatic rings. The van der Waals surface area contributed by atoms with Crippen molar-refractivity contribution < 1.29 is 14.5 Å². The van der Waals surface area contributed by atoms with E-state index in [0.29, 0.717) is 5.56 Å². The molecule has 3 aromatic carbocycles. The van der Waals surface area contributed by atoms with Gasteiger partial charge >= 0.3 is 0 Å². The lowest BCUT2D eigenvalue weighted by atomic mass is 9.97. The number of fused-ring (bicyclic) bond motifs is 3. The molecule has 5 rings (SSSR count). The maximum absolute atomic E-state index is 14.2. The van der Waals surface area contributed by atoms with Gasteiger partial charge in [-0.3, -0.25) is 24.6 Å². The number of carbonyl (C=O) groups excluding carboxylic acids is 2. The van der Waals surface area contributed by atoms with Gasteiger partial charge in [0.1, 0.15) is 12.6 Å². The van der Waals surface area contributed by atoms with E-state index in [-0.39, 0.29) is 36.1 Å². The smallest absolute Gasteiger partial charge is 0.269 e. The number of aromatic nitrogens is 1. The highest BCUT2D eigenvalue weighted by Gasteiger charge is 2.37. The summed E-state index contributed by atoms with van der Waals surface area (Å²) in [4.78, 5) is 41.3. The van der Waals surface area contributed by atoms with Crippen molar-refractivity contribution in [2.75, 3.05) is 11.4 Å². The molecule has 0 saturated heterocycles. The number of carbonyl (C=O) groups is 2. The van der Waals surface area contributed by atoms with Crippen LogP contribution in [0, 0.1) is 17.0 Å². The monoisotopic (exact) mass is 534 g/mol. The fourth-order valence-corrected chi connectivity index (χ4v) is 5.03. The Morgan fingerprint density at radius 3 is 2.27 bits per heavy atom. The van der Waals surface area contributed by atoms with Crippen molar-refractivity contribution >= 4 is 29.3 Å². The number of anilines is 1. The van der Waals surface area contributed by atoms with E-state index in [1.54, 1.807) is 23.1 Å². The highest BCUT2D eigenvalue weighted by Crippen LogP contribution is 2.42. The molecule has 4 aromatic rings. The third kappa shape index (κ3) is 5.16. The maximum Gasteiger partial charge on any atom is 0.269 e. The maximum atomic E-state index is 14.2. The fourth-order valence-electron chi connectivity index (χ4n) is 5.03. The van der Waals surface area contributed by atoms with Crippen molar-refractivity contribution in [1.29, 1.82) is 0 Å². The molecule has 2 heterocycles. The fraction of sp³-hybridized carbons (Fsp3) is 0.188. The van der Waals surface area contributed by atoms with E-state index in [1.165, 1.54) is 23.1 Å². The Morgan fingerprint density at radius 1 is 0.950 bits per heavy atom. The lowest BCUT2D eigenvalue weighted by Gasteiger charge is -2.40. The van der Waals surface area contributed by atoms with E-state index < -0.39 is 4.92 Å². The first kappa shape index (κ1) is 26.6. The van der Waals surface area contributed by atoms with Crippen molar-refractivity contribution in [2.24, 2.45) is 0 Å². The summed E-state index contributed by atoms with van der Waals surface area (Å²) in [6, 6.07) is 25.3. The molecule has 0 spiro atoms. The van der Waals surface area contributed by atoms with Gasteiger partial charge in [0, 0.05) is 30.4 Å². The third-order valence-electron chi connectivity index (χ3n) is 7.12. The predicted molar refractivity (Wildman–Crippen MR) is 155 cm³/mol. The molecule has 0 saturated carbocycles. The normalized spacial score (nSPS) is 14.2. The molecule has 0 fully saturated rings. The van der Waals surface area contributed by atoms with Crippen LogP contribution in [-0.4, -0.2) is 38.8 Å². The van der Waals surface area contributed by atoms with Gasteiger partial charge in [0.2, 0.25) is 11.8 Å². The second kappa shape index (κ2) is 11.0. The summed E-state index contributed by atoms with van der Waals surface area (Å²) < 4.78 is 2.11. The molecular weight excluding hydrogens is 504 g/mol. The highest BCUT2D eigenvalue weighted by atomic mass is 16.6. The van der Waals surface area contributed by atoms with E-state index in [1.807, 2.05) is 87.6 Å². The molecule has 0 N–H and O–H groups in total. The number of rotatable bonds is 7. The first-order valence-corrected chi connectivity index (χ1v) is 13.1. The summed E-state index contributed by atoms with van der Waals surface area (Å²) in [7, 11) is 0.